The molecule has 84 valence electrons. The van der Waals surface area contributed by atoms with E-state index < -0.39 is 6.43 Å². The van der Waals surface area contributed by atoms with Gasteiger partial charge in [-0.05, 0) is 0 Å². The first-order valence-electron chi connectivity index (χ1n) is 4.23. The van der Waals surface area contributed by atoms with Crippen LogP contribution in [0.2, 0.25) is 0 Å². The summed E-state index contributed by atoms with van der Waals surface area (Å²) in [5.41, 5.74) is 5.12. The average Bonchev–Trinajstić information content (AvgIpc) is 2.26. The molecular weight excluding hydrogens is 206 g/mol. The number of rotatable bonds is 4. The Labute approximate surface area is 86.0 Å². The summed E-state index contributed by atoms with van der Waals surface area (Å²) in [6.45, 7) is -0.0694. The molecule has 0 unspecified atom stereocenters. The van der Waals surface area contributed by atoms with Crippen molar-refractivity contribution in [1.82, 2.24) is 4.98 Å². The van der Waals surface area contributed by atoms with E-state index in [1.54, 1.807) is 0 Å². The lowest BCUT2D eigenvalue weighted by Crippen LogP contribution is -2.08. The highest BCUT2D eigenvalue weighted by Gasteiger charge is 2.22. The second-order valence-corrected chi connectivity index (χ2v) is 2.73. The first-order chi connectivity index (χ1) is 7.15. The SMILES string of the molecule is COc1cnc(CN)c(C(F)F)c1OC. The maximum atomic E-state index is 12.7. The van der Waals surface area contributed by atoms with E-state index in [4.69, 9.17) is 15.2 Å². The van der Waals surface area contributed by atoms with Crippen LogP contribution in [-0.2, 0) is 6.54 Å². The first-order valence-corrected chi connectivity index (χ1v) is 4.23. The van der Waals surface area contributed by atoms with Crippen molar-refractivity contribution in [1.29, 1.82) is 0 Å². The number of hydrogen-bond donors (Lipinski definition) is 1. The van der Waals surface area contributed by atoms with Gasteiger partial charge in [-0.15, -0.1) is 0 Å². The first kappa shape index (κ1) is 11.6. The molecule has 0 aliphatic carbocycles. The van der Waals surface area contributed by atoms with Gasteiger partial charge >= 0.3 is 0 Å². The fraction of sp³-hybridized carbons (Fsp3) is 0.444. The Morgan fingerprint density at radius 2 is 2.07 bits per heavy atom. The quantitative estimate of drug-likeness (QED) is 0.831. The van der Waals surface area contributed by atoms with Crippen molar-refractivity contribution >= 4 is 0 Å². The van der Waals surface area contributed by atoms with E-state index in [2.05, 4.69) is 4.98 Å². The van der Waals surface area contributed by atoms with E-state index in [1.165, 1.54) is 20.4 Å². The molecule has 1 aromatic heterocycles. The molecule has 6 heteroatoms. The Morgan fingerprint density at radius 3 is 2.47 bits per heavy atom. The van der Waals surface area contributed by atoms with Crippen LogP contribution in [0.4, 0.5) is 8.78 Å². The maximum Gasteiger partial charge on any atom is 0.269 e. The molecule has 0 amide bonds. The second-order valence-electron chi connectivity index (χ2n) is 2.73. The molecule has 0 aromatic carbocycles. The van der Waals surface area contributed by atoms with E-state index in [0.717, 1.165) is 0 Å². The van der Waals surface area contributed by atoms with E-state index in [9.17, 15) is 8.78 Å². The van der Waals surface area contributed by atoms with E-state index in [0.29, 0.717) is 0 Å². The summed E-state index contributed by atoms with van der Waals surface area (Å²) in [5.74, 6) is 0.160. The van der Waals surface area contributed by atoms with Gasteiger partial charge in [0.25, 0.3) is 6.43 Å². The maximum absolute atomic E-state index is 12.7. The van der Waals surface area contributed by atoms with Gasteiger partial charge in [0.2, 0.25) is 0 Å². The van der Waals surface area contributed by atoms with Crippen LogP contribution in [0.3, 0.4) is 0 Å². The third-order valence-corrected chi connectivity index (χ3v) is 1.95. The van der Waals surface area contributed by atoms with Crippen molar-refractivity contribution in [3.63, 3.8) is 0 Å². The Kier molecular flexibility index (Phi) is 3.79. The fourth-order valence-electron chi connectivity index (χ4n) is 1.27. The molecule has 0 saturated heterocycles. The highest BCUT2D eigenvalue weighted by atomic mass is 19.3. The Bertz CT molecular complexity index is 345. The number of halogens is 2. The van der Waals surface area contributed by atoms with Crippen LogP contribution in [0, 0.1) is 0 Å². The molecule has 0 spiro atoms. The number of alkyl halides is 2. The number of nitrogens with zero attached hydrogens (tertiary/aromatic N) is 1. The minimum absolute atomic E-state index is 0.0112. The largest absolute Gasteiger partial charge is 0.492 e. The standard InChI is InChI=1S/C9H12F2N2O2/c1-14-6-4-13-5(3-12)7(9(10)11)8(6)15-2/h4,9H,3,12H2,1-2H3. The van der Waals surface area contributed by atoms with Gasteiger partial charge < -0.3 is 15.2 Å². The zero-order valence-corrected chi connectivity index (χ0v) is 8.46. The molecule has 0 bridgehead atoms. The average molecular weight is 218 g/mol. The Morgan fingerprint density at radius 1 is 1.40 bits per heavy atom. The van der Waals surface area contributed by atoms with Crippen molar-refractivity contribution in [3.8, 4) is 11.5 Å². The highest BCUT2D eigenvalue weighted by molar-refractivity contribution is 5.47. The van der Waals surface area contributed by atoms with Crippen LogP contribution in [0.25, 0.3) is 0 Å². The van der Waals surface area contributed by atoms with Crippen molar-refractivity contribution < 1.29 is 18.3 Å². The van der Waals surface area contributed by atoms with Gasteiger partial charge in [0.05, 0.1) is 31.7 Å². The van der Waals surface area contributed by atoms with Crippen molar-refractivity contribution in [2.75, 3.05) is 14.2 Å². The number of pyridine rings is 1. The molecule has 1 heterocycles. The van der Waals surface area contributed by atoms with Crippen LogP contribution in [-0.4, -0.2) is 19.2 Å². The summed E-state index contributed by atoms with van der Waals surface area (Å²) >= 11 is 0. The second kappa shape index (κ2) is 4.88. The van der Waals surface area contributed by atoms with E-state index in [1.807, 2.05) is 0 Å². The molecule has 0 aliphatic rings. The minimum atomic E-state index is -2.69. The molecule has 1 rings (SSSR count). The molecule has 2 N–H and O–H groups in total. The van der Waals surface area contributed by atoms with Crippen molar-refractivity contribution in [2.24, 2.45) is 5.73 Å². The number of ether oxygens (including phenoxy) is 2. The van der Waals surface area contributed by atoms with Crippen LogP contribution in [0.1, 0.15) is 17.7 Å². The van der Waals surface area contributed by atoms with Crippen LogP contribution < -0.4 is 15.2 Å². The van der Waals surface area contributed by atoms with Gasteiger partial charge in [0, 0.05) is 6.54 Å². The summed E-state index contributed by atoms with van der Waals surface area (Å²) in [4.78, 5) is 3.79. The minimum Gasteiger partial charge on any atom is -0.492 e. The number of nitrogens with two attached hydrogens (primary N) is 1. The molecule has 4 nitrogen and oxygen atoms in total. The predicted octanol–water partition coefficient (Wildman–Crippen LogP) is 1.50. The third-order valence-electron chi connectivity index (χ3n) is 1.95. The van der Waals surface area contributed by atoms with Gasteiger partial charge in [0.15, 0.2) is 11.5 Å². The zero-order chi connectivity index (χ0) is 11.4. The number of methoxy groups -OCH3 is 2. The molecule has 1 aromatic rings. The topological polar surface area (TPSA) is 57.4 Å². The van der Waals surface area contributed by atoms with Crippen molar-refractivity contribution in [2.45, 2.75) is 13.0 Å². The lowest BCUT2D eigenvalue weighted by Gasteiger charge is -2.14. The van der Waals surface area contributed by atoms with Crippen LogP contribution in [0.15, 0.2) is 6.20 Å². The Balaban J connectivity index is 3.37. The molecule has 0 radical (unpaired) electrons. The molecule has 0 saturated carbocycles. The fourth-order valence-corrected chi connectivity index (χ4v) is 1.27. The highest BCUT2D eigenvalue weighted by Crippen LogP contribution is 2.37. The summed E-state index contributed by atoms with van der Waals surface area (Å²) in [6.07, 6.45) is -1.38. The lowest BCUT2D eigenvalue weighted by atomic mass is 10.1. The molecule has 15 heavy (non-hydrogen) atoms. The van der Waals surface area contributed by atoms with Crippen LogP contribution >= 0.6 is 0 Å². The molecule has 0 aliphatic heterocycles. The summed E-state index contributed by atoms with van der Waals surface area (Å²) in [5, 5.41) is 0. The lowest BCUT2D eigenvalue weighted by molar-refractivity contribution is 0.144. The third kappa shape index (κ3) is 2.15. The summed E-state index contributed by atoms with van der Waals surface area (Å²) in [7, 11) is 2.65. The van der Waals surface area contributed by atoms with E-state index >= 15 is 0 Å². The Hall–Kier alpha value is -1.43. The number of aromatic nitrogens is 1. The zero-order valence-electron chi connectivity index (χ0n) is 8.46. The van der Waals surface area contributed by atoms with Gasteiger partial charge in [-0.25, -0.2) is 8.78 Å². The van der Waals surface area contributed by atoms with Gasteiger partial charge in [-0.1, -0.05) is 0 Å². The summed E-state index contributed by atoms with van der Waals surface area (Å²) < 4.78 is 35.2. The van der Waals surface area contributed by atoms with Crippen LogP contribution in [0.5, 0.6) is 11.5 Å². The summed E-state index contributed by atoms with van der Waals surface area (Å²) in [6, 6.07) is 0. The van der Waals surface area contributed by atoms with Gasteiger partial charge in [-0.3, -0.25) is 4.98 Å². The normalized spacial score (nSPS) is 10.5. The smallest absolute Gasteiger partial charge is 0.269 e. The monoisotopic (exact) mass is 218 g/mol. The van der Waals surface area contributed by atoms with Crippen molar-refractivity contribution in [3.05, 3.63) is 17.5 Å². The van der Waals surface area contributed by atoms with Gasteiger partial charge in [-0.2, -0.15) is 0 Å². The molecule has 0 fully saturated rings. The molecule has 0 atom stereocenters. The number of hydrogen-bond acceptors (Lipinski definition) is 4. The predicted molar refractivity (Wildman–Crippen MR) is 50.2 cm³/mol. The van der Waals surface area contributed by atoms with E-state index in [-0.39, 0.29) is 29.3 Å². The molecular formula is C9H12F2N2O2. The van der Waals surface area contributed by atoms with Gasteiger partial charge in [0.1, 0.15) is 0 Å².